The van der Waals surface area contributed by atoms with Crippen molar-refractivity contribution in [1.82, 2.24) is 10.2 Å². The van der Waals surface area contributed by atoms with Gasteiger partial charge in [-0.2, -0.15) is 13.2 Å². The molecule has 0 aliphatic heterocycles. The van der Waals surface area contributed by atoms with E-state index in [1.807, 2.05) is 0 Å². The highest BCUT2D eigenvalue weighted by atomic mass is 19.4. The Morgan fingerprint density at radius 3 is 2.40 bits per heavy atom. The summed E-state index contributed by atoms with van der Waals surface area (Å²) in [4.78, 5) is 0. The first-order chi connectivity index (χ1) is 11.5. The predicted molar refractivity (Wildman–Crippen MR) is 86.1 cm³/mol. The SMILES string of the molecule is Cc1cc(N[C@H]2C[C@@](C)(O)C2)nnc1-c1ccc(C(F)(F)F)cc1O. The zero-order valence-corrected chi connectivity index (χ0v) is 13.7. The third-order valence-electron chi connectivity index (χ3n) is 4.29. The molecule has 1 aliphatic carbocycles. The van der Waals surface area contributed by atoms with E-state index in [0.29, 0.717) is 36.0 Å². The number of phenolic OH excluding ortho intramolecular Hbond substituents is 1. The summed E-state index contributed by atoms with van der Waals surface area (Å²) in [6.45, 7) is 3.50. The Hall–Kier alpha value is -2.35. The first kappa shape index (κ1) is 17.5. The number of aliphatic hydroxyl groups is 1. The molecule has 0 radical (unpaired) electrons. The maximum Gasteiger partial charge on any atom is 0.416 e. The van der Waals surface area contributed by atoms with Crippen LogP contribution in [0.15, 0.2) is 24.3 Å². The molecule has 0 atom stereocenters. The van der Waals surface area contributed by atoms with Crippen LogP contribution >= 0.6 is 0 Å². The van der Waals surface area contributed by atoms with Crippen LogP contribution in [0.1, 0.15) is 30.9 Å². The summed E-state index contributed by atoms with van der Waals surface area (Å²) in [6, 6.07) is 4.59. The molecule has 0 unspecified atom stereocenters. The minimum Gasteiger partial charge on any atom is -0.507 e. The third kappa shape index (κ3) is 3.68. The smallest absolute Gasteiger partial charge is 0.416 e. The number of aromatic hydroxyl groups is 1. The summed E-state index contributed by atoms with van der Waals surface area (Å²) in [5.74, 6) is 0.0242. The van der Waals surface area contributed by atoms with Gasteiger partial charge in [-0.25, -0.2) is 0 Å². The summed E-state index contributed by atoms with van der Waals surface area (Å²) in [6.07, 6.45) is -3.31. The summed E-state index contributed by atoms with van der Waals surface area (Å²) < 4.78 is 38.1. The second kappa shape index (κ2) is 5.87. The molecule has 134 valence electrons. The molecule has 3 rings (SSSR count). The van der Waals surface area contributed by atoms with Gasteiger partial charge in [-0.3, -0.25) is 0 Å². The van der Waals surface area contributed by atoms with Crippen molar-refractivity contribution in [3.05, 3.63) is 35.4 Å². The van der Waals surface area contributed by atoms with Crippen molar-refractivity contribution in [2.24, 2.45) is 0 Å². The first-order valence-corrected chi connectivity index (χ1v) is 7.79. The highest BCUT2D eigenvalue weighted by Crippen LogP contribution is 2.37. The molecule has 1 aliphatic rings. The average molecular weight is 353 g/mol. The van der Waals surface area contributed by atoms with Crippen LogP contribution in [-0.4, -0.2) is 32.1 Å². The van der Waals surface area contributed by atoms with Gasteiger partial charge in [0.05, 0.1) is 16.9 Å². The number of rotatable bonds is 3. The van der Waals surface area contributed by atoms with Crippen LogP contribution in [0, 0.1) is 6.92 Å². The number of nitrogens with one attached hydrogen (secondary N) is 1. The fraction of sp³-hybridized carbons (Fsp3) is 0.412. The van der Waals surface area contributed by atoms with E-state index in [1.165, 1.54) is 6.07 Å². The van der Waals surface area contributed by atoms with Gasteiger partial charge < -0.3 is 15.5 Å². The quantitative estimate of drug-likeness (QED) is 0.787. The number of halogens is 3. The number of alkyl halides is 3. The molecule has 1 saturated carbocycles. The largest absolute Gasteiger partial charge is 0.507 e. The molecule has 0 spiro atoms. The van der Waals surface area contributed by atoms with Gasteiger partial charge in [-0.15, -0.1) is 10.2 Å². The standard InChI is InChI=1S/C17H18F3N3O2/c1-9-5-14(21-11-7-16(2,25)8-11)22-23-15(9)12-4-3-10(6-13(12)24)17(18,19)20/h3-6,11,24-25H,7-8H2,1-2H3,(H,21,22)/t11-,16+. The molecule has 1 aromatic carbocycles. The van der Waals surface area contributed by atoms with Gasteiger partial charge >= 0.3 is 6.18 Å². The van der Waals surface area contributed by atoms with E-state index in [4.69, 9.17) is 0 Å². The van der Waals surface area contributed by atoms with Gasteiger partial charge in [-0.05, 0) is 56.5 Å². The molecular formula is C17H18F3N3O2. The Morgan fingerprint density at radius 1 is 1.20 bits per heavy atom. The van der Waals surface area contributed by atoms with Crippen molar-refractivity contribution >= 4 is 5.82 Å². The van der Waals surface area contributed by atoms with Crippen LogP contribution in [0.25, 0.3) is 11.3 Å². The number of anilines is 1. The van der Waals surface area contributed by atoms with Gasteiger partial charge in [0.25, 0.3) is 0 Å². The van der Waals surface area contributed by atoms with Gasteiger partial charge in [0, 0.05) is 11.6 Å². The van der Waals surface area contributed by atoms with Crippen LogP contribution in [0.2, 0.25) is 0 Å². The van der Waals surface area contributed by atoms with Crippen molar-refractivity contribution in [3.63, 3.8) is 0 Å². The monoisotopic (exact) mass is 353 g/mol. The van der Waals surface area contributed by atoms with Crippen LogP contribution in [0.4, 0.5) is 19.0 Å². The third-order valence-corrected chi connectivity index (χ3v) is 4.29. The number of hydrogen-bond acceptors (Lipinski definition) is 5. The van der Waals surface area contributed by atoms with Gasteiger partial charge in [-0.1, -0.05) is 0 Å². The molecule has 0 amide bonds. The van der Waals surface area contributed by atoms with Gasteiger partial charge in [0.2, 0.25) is 0 Å². The fourth-order valence-corrected chi connectivity index (χ4v) is 3.04. The maximum atomic E-state index is 12.7. The van der Waals surface area contributed by atoms with Crippen LogP contribution in [0.5, 0.6) is 5.75 Å². The molecule has 25 heavy (non-hydrogen) atoms. The summed E-state index contributed by atoms with van der Waals surface area (Å²) in [7, 11) is 0. The summed E-state index contributed by atoms with van der Waals surface area (Å²) >= 11 is 0. The van der Waals surface area contributed by atoms with Crippen molar-refractivity contribution in [3.8, 4) is 17.0 Å². The van der Waals surface area contributed by atoms with Crippen LogP contribution in [0.3, 0.4) is 0 Å². The van der Waals surface area contributed by atoms with E-state index in [2.05, 4.69) is 15.5 Å². The molecule has 1 heterocycles. The van der Waals surface area contributed by atoms with Crippen LogP contribution in [-0.2, 0) is 6.18 Å². The number of aryl methyl sites for hydroxylation is 1. The Morgan fingerprint density at radius 2 is 1.88 bits per heavy atom. The van der Waals surface area contributed by atoms with Crippen LogP contribution < -0.4 is 5.32 Å². The van der Waals surface area contributed by atoms with Crippen molar-refractivity contribution < 1.29 is 23.4 Å². The molecule has 1 aromatic heterocycles. The lowest BCUT2D eigenvalue weighted by atomic mass is 9.77. The highest BCUT2D eigenvalue weighted by Gasteiger charge is 2.38. The van der Waals surface area contributed by atoms with Gasteiger partial charge in [0.15, 0.2) is 0 Å². The lowest BCUT2D eigenvalue weighted by Crippen LogP contribution is -2.48. The normalized spacial score (nSPS) is 23.2. The predicted octanol–water partition coefficient (Wildman–Crippen LogP) is 3.50. The number of phenols is 1. The molecule has 1 fully saturated rings. The van der Waals surface area contributed by atoms with E-state index in [-0.39, 0.29) is 11.6 Å². The second-order valence-electron chi connectivity index (χ2n) is 6.74. The zero-order chi connectivity index (χ0) is 18.4. The lowest BCUT2D eigenvalue weighted by Gasteiger charge is -2.41. The van der Waals surface area contributed by atoms with E-state index in [1.54, 1.807) is 19.9 Å². The van der Waals surface area contributed by atoms with E-state index in [9.17, 15) is 23.4 Å². The molecular weight excluding hydrogens is 335 g/mol. The van der Waals surface area contributed by atoms with Gasteiger partial charge in [0.1, 0.15) is 11.6 Å². The Balaban J connectivity index is 1.82. The lowest BCUT2D eigenvalue weighted by molar-refractivity contribution is -0.137. The Bertz CT molecular complexity index is 798. The molecule has 8 heteroatoms. The molecule has 5 nitrogen and oxygen atoms in total. The molecule has 0 bridgehead atoms. The second-order valence-corrected chi connectivity index (χ2v) is 6.74. The van der Waals surface area contributed by atoms with E-state index >= 15 is 0 Å². The molecule has 3 N–H and O–H groups in total. The number of aromatic nitrogens is 2. The van der Waals surface area contributed by atoms with Crippen molar-refractivity contribution in [1.29, 1.82) is 0 Å². The van der Waals surface area contributed by atoms with Crippen molar-refractivity contribution in [2.45, 2.75) is 44.5 Å². The summed E-state index contributed by atoms with van der Waals surface area (Å²) in [5, 5.41) is 30.9. The Kier molecular flexibility index (Phi) is 4.10. The van der Waals surface area contributed by atoms with Crippen molar-refractivity contribution in [2.75, 3.05) is 5.32 Å². The Labute approximate surface area is 142 Å². The van der Waals surface area contributed by atoms with E-state index < -0.39 is 23.1 Å². The number of hydrogen-bond donors (Lipinski definition) is 3. The molecule has 0 saturated heterocycles. The average Bonchev–Trinajstić information content (AvgIpc) is 2.45. The molecule has 2 aromatic rings. The first-order valence-electron chi connectivity index (χ1n) is 7.79. The minimum absolute atomic E-state index is 0.106. The fourth-order valence-electron chi connectivity index (χ4n) is 3.04. The topological polar surface area (TPSA) is 78.3 Å². The number of nitrogens with zero attached hydrogens (tertiary/aromatic N) is 2. The minimum atomic E-state index is -4.52. The maximum absolute atomic E-state index is 12.7. The zero-order valence-electron chi connectivity index (χ0n) is 13.7. The number of benzene rings is 1. The van der Waals surface area contributed by atoms with E-state index in [0.717, 1.165) is 6.07 Å². The highest BCUT2D eigenvalue weighted by molar-refractivity contribution is 5.70. The summed E-state index contributed by atoms with van der Waals surface area (Å²) in [5.41, 5.74) is -0.409.